The number of fused-ring (bicyclic) bond motifs is 5. The van der Waals surface area contributed by atoms with Gasteiger partial charge in [-0.2, -0.15) is 0 Å². The highest BCUT2D eigenvalue weighted by Crippen LogP contribution is 2.64. The van der Waals surface area contributed by atoms with Gasteiger partial charge in [-0.25, -0.2) is 0 Å². The van der Waals surface area contributed by atoms with Crippen molar-refractivity contribution in [2.45, 2.75) is 64.9 Å². The number of aliphatic hydroxyl groups is 1. The Bertz CT molecular complexity index is 558. The molecule has 0 radical (unpaired) electrons. The van der Waals surface area contributed by atoms with Crippen molar-refractivity contribution in [1.82, 2.24) is 0 Å². The molecule has 22 heavy (non-hydrogen) atoms. The molecule has 1 unspecified atom stereocenters. The molecule has 0 amide bonds. The summed E-state index contributed by atoms with van der Waals surface area (Å²) in [5, 5.41) is 10.5. The molecule has 4 aliphatic rings. The van der Waals surface area contributed by atoms with Gasteiger partial charge < -0.3 is 5.11 Å². The SMILES string of the molecule is CC(O)[C@@]12C=CC[C@H]1[C@@H]1CCC3=CC(=O)CC[C@]3(C)[C@H]1CC2. The summed E-state index contributed by atoms with van der Waals surface area (Å²) in [6.07, 6.45) is 13.9. The number of aliphatic hydroxyl groups excluding tert-OH is 1. The molecule has 120 valence electrons. The van der Waals surface area contributed by atoms with Crippen LogP contribution in [-0.4, -0.2) is 17.0 Å². The zero-order valence-electron chi connectivity index (χ0n) is 13.8. The Morgan fingerprint density at radius 3 is 2.82 bits per heavy atom. The first-order chi connectivity index (χ1) is 10.5. The van der Waals surface area contributed by atoms with Crippen molar-refractivity contribution in [2.24, 2.45) is 28.6 Å². The second-order valence-electron chi connectivity index (χ2n) is 8.43. The standard InChI is InChI=1S/C20H28O2/c1-13(21)20-9-3-4-18(20)16-6-5-14-12-15(22)7-10-19(14,2)17(16)8-11-20/h3,9,12-13,16-18,21H,4-8,10-11H2,1-2H3/t13?,16-,17+,18+,19+,20+/m1/s1. The molecule has 0 aromatic rings. The van der Waals surface area contributed by atoms with Crippen LogP contribution in [-0.2, 0) is 4.79 Å². The Morgan fingerprint density at radius 2 is 2.05 bits per heavy atom. The number of ketones is 1. The number of allylic oxidation sites excluding steroid dienone is 3. The summed E-state index contributed by atoms with van der Waals surface area (Å²) in [7, 11) is 0. The Morgan fingerprint density at radius 1 is 1.23 bits per heavy atom. The van der Waals surface area contributed by atoms with E-state index in [1.165, 1.54) is 18.4 Å². The summed E-state index contributed by atoms with van der Waals surface area (Å²) in [5.74, 6) is 2.37. The van der Waals surface area contributed by atoms with Crippen LogP contribution < -0.4 is 0 Å². The number of hydrogen-bond donors (Lipinski definition) is 1. The van der Waals surface area contributed by atoms with Crippen LogP contribution in [0.2, 0.25) is 0 Å². The van der Waals surface area contributed by atoms with Crippen molar-refractivity contribution in [3.63, 3.8) is 0 Å². The lowest BCUT2D eigenvalue weighted by Crippen LogP contribution is -2.52. The lowest BCUT2D eigenvalue weighted by molar-refractivity contribution is -0.118. The molecular weight excluding hydrogens is 272 g/mol. The Balaban J connectivity index is 1.69. The quantitative estimate of drug-likeness (QED) is 0.742. The van der Waals surface area contributed by atoms with Gasteiger partial charge in [0.05, 0.1) is 6.10 Å². The molecule has 0 aromatic carbocycles. The normalized spacial score (nSPS) is 48.2. The monoisotopic (exact) mass is 300 g/mol. The first-order valence-electron chi connectivity index (χ1n) is 9.07. The molecule has 1 N–H and O–H groups in total. The zero-order valence-corrected chi connectivity index (χ0v) is 13.8. The van der Waals surface area contributed by atoms with Crippen LogP contribution in [0.15, 0.2) is 23.8 Å². The van der Waals surface area contributed by atoms with Gasteiger partial charge >= 0.3 is 0 Å². The summed E-state index contributed by atoms with van der Waals surface area (Å²) in [4.78, 5) is 11.8. The number of hydrogen-bond acceptors (Lipinski definition) is 2. The van der Waals surface area contributed by atoms with Gasteiger partial charge in [0.25, 0.3) is 0 Å². The van der Waals surface area contributed by atoms with Crippen molar-refractivity contribution < 1.29 is 9.90 Å². The number of carbonyl (C=O) groups is 1. The van der Waals surface area contributed by atoms with E-state index in [1.54, 1.807) is 0 Å². The van der Waals surface area contributed by atoms with E-state index < -0.39 is 0 Å². The van der Waals surface area contributed by atoms with E-state index in [9.17, 15) is 9.90 Å². The maximum absolute atomic E-state index is 11.8. The van der Waals surface area contributed by atoms with Gasteiger partial charge in [-0.3, -0.25) is 4.79 Å². The van der Waals surface area contributed by atoms with Gasteiger partial charge in [0.15, 0.2) is 5.78 Å². The Kier molecular flexibility index (Phi) is 3.21. The average Bonchev–Trinajstić information content (AvgIpc) is 2.93. The fourth-order valence-electron chi connectivity index (χ4n) is 6.45. The van der Waals surface area contributed by atoms with Gasteiger partial charge in [-0.15, -0.1) is 0 Å². The largest absolute Gasteiger partial charge is 0.393 e. The van der Waals surface area contributed by atoms with Crippen LogP contribution in [0.1, 0.15) is 58.8 Å². The molecule has 4 aliphatic carbocycles. The maximum Gasteiger partial charge on any atom is 0.155 e. The van der Waals surface area contributed by atoms with E-state index in [0.29, 0.717) is 23.5 Å². The molecule has 4 rings (SSSR count). The molecule has 2 heteroatoms. The van der Waals surface area contributed by atoms with Gasteiger partial charge in [0, 0.05) is 11.8 Å². The van der Waals surface area contributed by atoms with E-state index in [-0.39, 0.29) is 16.9 Å². The summed E-state index contributed by atoms with van der Waals surface area (Å²) < 4.78 is 0. The minimum atomic E-state index is -0.241. The molecule has 0 heterocycles. The minimum Gasteiger partial charge on any atom is -0.393 e. The zero-order chi connectivity index (χ0) is 15.5. The first-order valence-corrected chi connectivity index (χ1v) is 9.07. The molecule has 0 saturated heterocycles. The third-order valence-corrected chi connectivity index (χ3v) is 7.73. The van der Waals surface area contributed by atoms with Crippen LogP contribution in [0.25, 0.3) is 0 Å². The molecule has 0 aromatic heterocycles. The predicted octanol–water partition coefficient (Wildman–Crippen LogP) is 4.05. The third-order valence-electron chi connectivity index (χ3n) is 7.73. The third kappa shape index (κ3) is 1.79. The highest BCUT2D eigenvalue weighted by Gasteiger charge is 2.57. The van der Waals surface area contributed by atoms with E-state index in [4.69, 9.17) is 0 Å². The Labute approximate surface area is 133 Å². The molecular formula is C20H28O2. The Hall–Kier alpha value is -0.890. The lowest BCUT2D eigenvalue weighted by atomic mass is 9.46. The minimum absolute atomic E-state index is 0.0310. The van der Waals surface area contributed by atoms with Crippen molar-refractivity contribution in [2.75, 3.05) is 0 Å². The topological polar surface area (TPSA) is 37.3 Å². The van der Waals surface area contributed by atoms with Crippen molar-refractivity contribution in [3.05, 3.63) is 23.8 Å². The summed E-state index contributed by atoms with van der Waals surface area (Å²) >= 11 is 0. The predicted molar refractivity (Wildman–Crippen MR) is 87.2 cm³/mol. The molecule has 6 atom stereocenters. The van der Waals surface area contributed by atoms with Crippen molar-refractivity contribution in [3.8, 4) is 0 Å². The van der Waals surface area contributed by atoms with Crippen LogP contribution in [0, 0.1) is 28.6 Å². The van der Waals surface area contributed by atoms with Crippen molar-refractivity contribution >= 4 is 5.78 Å². The van der Waals surface area contributed by atoms with Crippen LogP contribution >= 0.6 is 0 Å². The average molecular weight is 300 g/mol. The van der Waals surface area contributed by atoms with Gasteiger partial charge in [0.2, 0.25) is 0 Å². The van der Waals surface area contributed by atoms with E-state index >= 15 is 0 Å². The van der Waals surface area contributed by atoms with Crippen LogP contribution in [0.3, 0.4) is 0 Å². The molecule has 0 bridgehead atoms. The highest BCUT2D eigenvalue weighted by atomic mass is 16.3. The summed E-state index contributed by atoms with van der Waals surface area (Å²) in [6.45, 7) is 4.40. The van der Waals surface area contributed by atoms with E-state index in [1.807, 2.05) is 13.0 Å². The summed E-state index contributed by atoms with van der Waals surface area (Å²) in [6, 6.07) is 0. The van der Waals surface area contributed by atoms with E-state index in [2.05, 4.69) is 19.1 Å². The second kappa shape index (κ2) is 4.80. The molecule has 2 fully saturated rings. The van der Waals surface area contributed by atoms with Gasteiger partial charge in [0.1, 0.15) is 0 Å². The molecule has 0 spiro atoms. The van der Waals surface area contributed by atoms with Crippen LogP contribution in [0.4, 0.5) is 0 Å². The number of carbonyl (C=O) groups excluding carboxylic acids is 1. The fourth-order valence-corrected chi connectivity index (χ4v) is 6.45. The smallest absolute Gasteiger partial charge is 0.155 e. The van der Waals surface area contributed by atoms with Crippen LogP contribution in [0.5, 0.6) is 0 Å². The maximum atomic E-state index is 11.8. The lowest BCUT2D eigenvalue weighted by Gasteiger charge is -2.58. The number of rotatable bonds is 1. The second-order valence-corrected chi connectivity index (χ2v) is 8.43. The van der Waals surface area contributed by atoms with Gasteiger partial charge in [-0.05, 0) is 74.7 Å². The molecule has 2 saturated carbocycles. The van der Waals surface area contributed by atoms with Crippen molar-refractivity contribution in [1.29, 1.82) is 0 Å². The van der Waals surface area contributed by atoms with Gasteiger partial charge in [-0.1, -0.05) is 24.6 Å². The van der Waals surface area contributed by atoms with E-state index in [0.717, 1.165) is 32.1 Å². The first kappa shape index (κ1) is 14.7. The molecule has 2 nitrogen and oxygen atoms in total. The highest BCUT2D eigenvalue weighted by molar-refractivity contribution is 5.91. The molecule has 0 aliphatic heterocycles. The fraction of sp³-hybridized carbons (Fsp3) is 0.750. The summed E-state index contributed by atoms with van der Waals surface area (Å²) in [5.41, 5.74) is 1.70.